The van der Waals surface area contributed by atoms with Gasteiger partial charge in [0.25, 0.3) is 0 Å². The van der Waals surface area contributed by atoms with Gasteiger partial charge in [-0.15, -0.1) is 0 Å². The van der Waals surface area contributed by atoms with Crippen LogP contribution < -0.4 is 21.3 Å². The number of hydrogen-bond donors (Lipinski definition) is 2. The Kier molecular flexibility index (Phi) is 5.16. The second-order valence-electron chi connectivity index (χ2n) is 8.01. The monoisotopic (exact) mass is 453 g/mol. The Hall–Kier alpha value is -2.55. The number of likely N-dealkylation sites (N-methyl/N-ethyl adjacent to an activating group) is 1. The van der Waals surface area contributed by atoms with E-state index >= 15 is 0 Å². The van der Waals surface area contributed by atoms with Crippen LogP contribution in [0.3, 0.4) is 0 Å². The molecular weight excluding hydrogens is 430 g/mol. The predicted octanol–water partition coefficient (Wildman–Crippen LogP) is 3.75. The highest BCUT2D eigenvalue weighted by atomic mass is 35.5. The van der Waals surface area contributed by atoms with Crippen LogP contribution in [0.4, 0.5) is 17.3 Å². The first kappa shape index (κ1) is 20.4. The molecule has 31 heavy (non-hydrogen) atoms. The maximum absolute atomic E-state index is 6.73. The zero-order chi connectivity index (χ0) is 21.6. The number of pyridine rings is 1. The fourth-order valence-corrected chi connectivity index (χ4v) is 5.71. The molecule has 1 saturated heterocycles. The van der Waals surface area contributed by atoms with Crippen molar-refractivity contribution >= 4 is 40.7 Å². The van der Waals surface area contributed by atoms with E-state index in [1.54, 1.807) is 12.4 Å². The highest BCUT2D eigenvalue weighted by Gasteiger charge is 2.49. The number of aromatic nitrogens is 3. The molecule has 1 fully saturated rings. The summed E-state index contributed by atoms with van der Waals surface area (Å²) in [5, 5.41) is 1.20. The second kappa shape index (κ2) is 7.85. The van der Waals surface area contributed by atoms with E-state index in [0.29, 0.717) is 10.8 Å². The molecule has 7 nitrogen and oxygen atoms in total. The number of nitrogen functional groups attached to an aromatic ring is 1. The van der Waals surface area contributed by atoms with E-state index in [0.717, 1.165) is 41.7 Å². The maximum atomic E-state index is 6.73. The lowest BCUT2D eigenvalue weighted by Gasteiger charge is -2.47. The molecule has 0 unspecified atom stereocenters. The number of para-hydroxylation sites is 1. The zero-order valence-electron chi connectivity index (χ0n) is 17.2. The molecule has 5 rings (SSSR count). The number of anilines is 3. The normalized spacial score (nSPS) is 19.6. The van der Waals surface area contributed by atoms with Crippen molar-refractivity contribution in [2.24, 2.45) is 5.73 Å². The minimum Gasteiger partial charge on any atom is -0.382 e. The van der Waals surface area contributed by atoms with Gasteiger partial charge in [0, 0.05) is 36.9 Å². The first-order valence-corrected chi connectivity index (χ1v) is 11.4. The lowest BCUT2D eigenvalue weighted by Crippen LogP contribution is -2.56. The van der Waals surface area contributed by atoms with Gasteiger partial charge in [0.15, 0.2) is 0 Å². The molecular formula is C22H24ClN7S. The van der Waals surface area contributed by atoms with Gasteiger partial charge in [0.05, 0.1) is 29.0 Å². The molecule has 2 aromatic heterocycles. The number of halogens is 1. The number of hydrogen-bond acceptors (Lipinski definition) is 8. The number of benzene rings is 1. The van der Waals surface area contributed by atoms with E-state index < -0.39 is 0 Å². The Morgan fingerprint density at radius 3 is 2.58 bits per heavy atom. The van der Waals surface area contributed by atoms with Gasteiger partial charge in [0.1, 0.15) is 16.7 Å². The quantitative estimate of drug-likeness (QED) is 0.618. The molecule has 0 bridgehead atoms. The standard InChI is InChI=1S/C22H24ClN7S/c1-29-15-5-3-2-4-14(15)20(24)22(29)7-10-30(11-8-22)17-12-28-18(13-27-17)31-16-6-9-26-21(25)19(16)23/h2-6,9,12-13,20H,7-8,10-11,24H2,1H3,(H2,25,26)/t20-/m1/s1. The average Bonchev–Trinajstić information content (AvgIpc) is 3.00. The number of nitrogens with two attached hydrogens (primary N) is 2. The SMILES string of the molecule is CN1c2ccccc2[C@@H](N)C12CCN(c1cnc(Sc3ccnc(N)c3Cl)cn1)CC2. The topological polar surface area (TPSA) is 97.2 Å². The summed E-state index contributed by atoms with van der Waals surface area (Å²) in [7, 11) is 2.17. The summed E-state index contributed by atoms with van der Waals surface area (Å²) in [4.78, 5) is 18.7. The first-order valence-electron chi connectivity index (χ1n) is 10.2. The van der Waals surface area contributed by atoms with E-state index in [9.17, 15) is 0 Å². The van der Waals surface area contributed by atoms with Gasteiger partial charge < -0.3 is 21.3 Å². The molecule has 9 heteroatoms. The number of fused-ring (bicyclic) bond motifs is 1. The third-order valence-electron chi connectivity index (χ3n) is 6.54. The maximum Gasteiger partial charge on any atom is 0.147 e. The van der Waals surface area contributed by atoms with Crippen molar-refractivity contribution in [3.8, 4) is 0 Å². The highest BCUT2D eigenvalue weighted by Crippen LogP contribution is 2.49. The van der Waals surface area contributed by atoms with Crippen molar-refractivity contribution in [3.63, 3.8) is 0 Å². The van der Waals surface area contributed by atoms with Crippen molar-refractivity contribution in [1.82, 2.24) is 15.0 Å². The summed E-state index contributed by atoms with van der Waals surface area (Å²) in [6, 6.07) is 10.3. The largest absolute Gasteiger partial charge is 0.382 e. The molecule has 4 N–H and O–H groups in total. The van der Waals surface area contributed by atoms with Crippen LogP contribution >= 0.6 is 23.4 Å². The van der Waals surface area contributed by atoms with Crippen molar-refractivity contribution in [1.29, 1.82) is 0 Å². The Bertz CT molecular complexity index is 1070. The third kappa shape index (κ3) is 3.39. The molecule has 2 aliphatic heterocycles. The smallest absolute Gasteiger partial charge is 0.147 e. The van der Waals surface area contributed by atoms with E-state index in [4.69, 9.17) is 23.1 Å². The van der Waals surface area contributed by atoms with E-state index in [1.165, 1.54) is 23.0 Å². The van der Waals surface area contributed by atoms with Crippen LogP contribution in [0.15, 0.2) is 58.8 Å². The lowest BCUT2D eigenvalue weighted by atomic mass is 9.80. The van der Waals surface area contributed by atoms with Gasteiger partial charge >= 0.3 is 0 Å². The summed E-state index contributed by atoms with van der Waals surface area (Å²) in [5.41, 5.74) is 15.0. The second-order valence-corrected chi connectivity index (χ2v) is 9.45. The fraction of sp³-hybridized carbons (Fsp3) is 0.318. The molecule has 0 saturated carbocycles. The number of rotatable bonds is 3. The van der Waals surface area contributed by atoms with Crippen LogP contribution in [0.25, 0.3) is 0 Å². The van der Waals surface area contributed by atoms with Crippen LogP contribution in [-0.2, 0) is 0 Å². The molecule has 0 amide bonds. The van der Waals surface area contributed by atoms with Crippen LogP contribution in [0.1, 0.15) is 24.4 Å². The molecule has 1 spiro atoms. The zero-order valence-corrected chi connectivity index (χ0v) is 18.8. The fourth-order valence-electron chi connectivity index (χ4n) is 4.72. The summed E-state index contributed by atoms with van der Waals surface area (Å²) < 4.78 is 0. The van der Waals surface area contributed by atoms with Gasteiger partial charge in [0.2, 0.25) is 0 Å². The Morgan fingerprint density at radius 1 is 1.10 bits per heavy atom. The Balaban J connectivity index is 1.28. The van der Waals surface area contributed by atoms with E-state index in [-0.39, 0.29) is 11.6 Å². The molecule has 0 aliphatic carbocycles. The highest BCUT2D eigenvalue weighted by molar-refractivity contribution is 7.99. The van der Waals surface area contributed by atoms with Gasteiger partial charge in [-0.3, -0.25) is 0 Å². The molecule has 1 aromatic carbocycles. The van der Waals surface area contributed by atoms with Crippen LogP contribution in [0.5, 0.6) is 0 Å². The predicted molar refractivity (Wildman–Crippen MR) is 126 cm³/mol. The number of piperidine rings is 1. The van der Waals surface area contributed by atoms with Gasteiger partial charge in [-0.2, -0.15) is 0 Å². The summed E-state index contributed by atoms with van der Waals surface area (Å²) in [6.07, 6.45) is 7.19. The molecule has 1 atom stereocenters. The van der Waals surface area contributed by atoms with Crippen LogP contribution in [0.2, 0.25) is 5.02 Å². The molecule has 3 aromatic rings. The van der Waals surface area contributed by atoms with Crippen molar-refractivity contribution in [2.75, 3.05) is 35.7 Å². The Morgan fingerprint density at radius 2 is 1.87 bits per heavy atom. The first-order chi connectivity index (χ1) is 15.0. The van der Waals surface area contributed by atoms with Gasteiger partial charge in [-0.1, -0.05) is 41.6 Å². The minimum atomic E-state index is -0.0402. The van der Waals surface area contributed by atoms with Crippen LogP contribution in [-0.4, -0.2) is 40.6 Å². The summed E-state index contributed by atoms with van der Waals surface area (Å²) in [5.74, 6) is 1.20. The van der Waals surface area contributed by atoms with Crippen molar-refractivity contribution in [3.05, 3.63) is 59.5 Å². The average molecular weight is 454 g/mol. The van der Waals surface area contributed by atoms with Gasteiger partial charge in [-0.05, 0) is 30.5 Å². The van der Waals surface area contributed by atoms with E-state index in [2.05, 4.69) is 56.1 Å². The van der Waals surface area contributed by atoms with E-state index in [1.807, 2.05) is 12.3 Å². The van der Waals surface area contributed by atoms with Crippen LogP contribution in [0, 0.1) is 0 Å². The molecule has 4 heterocycles. The Labute approximate surface area is 190 Å². The molecule has 2 aliphatic rings. The molecule has 160 valence electrons. The summed E-state index contributed by atoms with van der Waals surface area (Å²) in [6.45, 7) is 1.78. The lowest BCUT2D eigenvalue weighted by molar-refractivity contribution is 0.285. The van der Waals surface area contributed by atoms with Crippen molar-refractivity contribution < 1.29 is 0 Å². The summed E-state index contributed by atoms with van der Waals surface area (Å²) >= 11 is 7.66. The molecule has 0 radical (unpaired) electrons. The third-order valence-corrected chi connectivity index (χ3v) is 8.03. The van der Waals surface area contributed by atoms with Crippen molar-refractivity contribution in [2.45, 2.75) is 34.3 Å². The number of nitrogens with zero attached hydrogens (tertiary/aromatic N) is 5. The minimum absolute atomic E-state index is 0.0262. The van der Waals surface area contributed by atoms with Gasteiger partial charge in [-0.25, -0.2) is 15.0 Å².